The molecule has 1 heterocycles. The van der Waals surface area contributed by atoms with Crippen LogP contribution in [0.15, 0.2) is 72.8 Å². The fraction of sp³-hybridized carbons (Fsp3) is 0.0909. The Balaban J connectivity index is 1.69. The van der Waals surface area contributed by atoms with E-state index in [1.165, 1.54) is 29.5 Å². The van der Waals surface area contributed by atoms with Crippen molar-refractivity contribution in [2.45, 2.75) is 13.0 Å². The second-order valence-corrected chi connectivity index (χ2v) is 7.36. The molecule has 0 spiro atoms. The summed E-state index contributed by atoms with van der Waals surface area (Å²) in [4.78, 5) is 19.0. The van der Waals surface area contributed by atoms with Crippen LogP contribution in [0, 0.1) is 11.6 Å². The number of thiazole rings is 1. The Kier molecular flexibility index (Phi) is 5.12. The standard InChI is InChI=1S/C22H16F2N2OS/c23-17-11-9-15(10-12-17)13-20(27)26(14-16-5-2-1-3-6-16)22-25-21-18(24)7-4-8-19(21)28-22/h1-12H,13-14H2. The lowest BCUT2D eigenvalue weighted by atomic mass is 10.1. The van der Waals surface area contributed by atoms with Gasteiger partial charge in [-0.15, -0.1) is 0 Å². The van der Waals surface area contributed by atoms with E-state index in [1.54, 1.807) is 29.2 Å². The minimum Gasteiger partial charge on any atom is -0.283 e. The van der Waals surface area contributed by atoms with Gasteiger partial charge in [-0.1, -0.05) is 59.9 Å². The molecule has 0 aliphatic heterocycles. The molecular weight excluding hydrogens is 378 g/mol. The Labute approximate surface area is 164 Å². The summed E-state index contributed by atoms with van der Waals surface area (Å²) in [6.07, 6.45) is 0.103. The summed E-state index contributed by atoms with van der Waals surface area (Å²) in [5.74, 6) is -0.945. The van der Waals surface area contributed by atoms with E-state index < -0.39 is 5.82 Å². The molecule has 0 N–H and O–H groups in total. The fourth-order valence-electron chi connectivity index (χ4n) is 2.92. The maximum Gasteiger partial charge on any atom is 0.233 e. The first-order valence-corrected chi connectivity index (χ1v) is 9.55. The summed E-state index contributed by atoms with van der Waals surface area (Å²) in [7, 11) is 0. The molecular formula is C22H16F2N2OS. The number of benzene rings is 3. The number of halogens is 2. The summed E-state index contributed by atoms with van der Waals surface area (Å²) in [5.41, 5.74) is 1.90. The maximum atomic E-state index is 14.1. The van der Waals surface area contributed by atoms with Crippen LogP contribution in [0.1, 0.15) is 11.1 Å². The number of aromatic nitrogens is 1. The number of carbonyl (C=O) groups is 1. The zero-order chi connectivity index (χ0) is 19.5. The summed E-state index contributed by atoms with van der Waals surface area (Å²) >= 11 is 1.27. The Morgan fingerprint density at radius 3 is 2.36 bits per heavy atom. The molecule has 0 radical (unpaired) electrons. The molecule has 0 unspecified atom stereocenters. The lowest BCUT2D eigenvalue weighted by Crippen LogP contribution is -2.31. The maximum absolute atomic E-state index is 14.1. The molecule has 0 aliphatic carbocycles. The van der Waals surface area contributed by atoms with E-state index in [2.05, 4.69) is 4.98 Å². The van der Waals surface area contributed by atoms with E-state index in [4.69, 9.17) is 0 Å². The normalized spacial score (nSPS) is 10.9. The minimum absolute atomic E-state index is 0.103. The SMILES string of the molecule is O=C(Cc1ccc(F)cc1)N(Cc1ccccc1)c1nc2c(F)cccc2s1. The van der Waals surface area contributed by atoms with Gasteiger partial charge in [0.05, 0.1) is 17.7 Å². The molecule has 0 atom stereocenters. The van der Waals surface area contributed by atoms with Crippen molar-refractivity contribution in [2.24, 2.45) is 0 Å². The van der Waals surface area contributed by atoms with Gasteiger partial charge in [-0.25, -0.2) is 13.8 Å². The summed E-state index contributed by atoms with van der Waals surface area (Å²) in [6, 6.07) is 20.2. The Morgan fingerprint density at radius 1 is 0.893 bits per heavy atom. The van der Waals surface area contributed by atoms with Crippen LogP contribution in [0.4, 0.5) is 13.9 Å². The third kappa shape index (κ3) is 3.92. The molecule has 0 bridgehead atoms. The summed E-state index contributed by atoms with van der Waals surface area (Å²) in [5, 5.41) is 0.441. The number of para-hydroxylation sites is 1. The number of anilines is 1. The Morgan fingerprint density at radius 2 is 1.64 bits per heavy atom. The molecule has 0 saturated heterocycles. The number of fused-ring (bicyclic) bond motifs is 1. The van der Waals surface area contributed by atoms with Gasteiger partial charge in [0.2, 0.25) is 5.91 Å². The van der Waals surface area contributed by atoms with Crippen LogP contribution in [-0.2, 0) is 17.8 Å². The van der Waals surface area contributed by atoms with Crippen LogP contribution in [-0.4, -0.2) is 10.9 Å². The van der Waals surface area contributed by atoms with Gasteiger partial charge in [0, 0.05) is 0 Å². The minimum atomic E-state index is -0.411. The van der Waals surface area contributed by atoms with Gasteiger partial charge in [-0.2, -0.15) is 0 Å². The van der Waals surface area contributed by atoms with Crippen molar-refractivity contribution in [1.29, 1.82) is 0 Å². The number of nitrogens with zero attached hydrogens (tertiary/aromatic N) is 2. The second kappa shape index (κ2) is 7.86. The molecule has 3 nitrogen and oxygen atoms in total. The number of carbonyl (C=O) groups excluding carboxylic acids is 1. The molecule has 3 aromatic carbocycles. The van der Waals surface area contributed by atoms with Gasteiger partial charge in [0.1, 0.15) is 17.2 Å². The molecule has 4 rings (SSSR count). The van der Waals surface area contributed by atoms with Crippen LogP contribution >= 0.6 is 11.3 Å². The van der Waals surface area contributed by atoms with Crippen molar-refractivity contribution < 1.29 is 13.6 Å². The molecule has 0 aliphatic rings. The van der Waals surface area contributed by atoms with Crippen molar-refractivity contribution in [3.63, 3.8) is 0 Å². The zero-order valence-corrected chi connectivity index (χ0v) is 15.6. The zero-order valence-electron chi connectivity index (χ0n) is 14.8. The van der Waals surface area contributed by atoms with Crippen molar-refractivity contribution >= 4 is 32.6 Å². The van der Waals surface area contributed by atoms with Crippen molar-refractivity contribution in [1.82, 2.24) is 4.98 Å². The van der Waals surface area contributed by atoms with E-state index in [0.29, 0.717) is 21.9 Å². The predicted molar refractivity (Wildman–Crippen MR) is 107 cm³/mol. The molecule has 1 aromatic heterocycles. The van der Waals surface area contributed by atoms with Crippen LogP contribution in [0.25, 0.3) is 10.2 Å². The largest absolute Gasteiger partial charge is 0.283 e. The second-order valence-electron chi connectivity index (χ2n) is 6.35. The molecule has 0 fully saturated rings. The Hall–Kier alpha value is -3.12. The average molecular weight is 394 g/mol. The number of hydrogen-bond donors (Lipinski definition) is 0. The summed E-state index contributed by atoms with van der Waals surface area (Å²) < 4.78 is 27.9. The van der Waals surface area contributed by atoms with E-state index in [-0.39, 0.29) is 23.7 Å². The Bertz CT molecular complexity index is 1110. The van der Waals surface area contributed by atoms with Crippen molar-refractivity contribution in [3.8, 4) is 0 Å². The van der Waals surface area contributed by atoms with Gasteiger partial charge >= 0.3 is 0 Å². The average Bonchev–Trinajstić information content (AvgIpc) is 3.14. The predicted octanol–water partition coefficient (Wildman–Crippen LogP) is 5.35. The third-order valence-electron chi connectivity index (χ3n) is 4.34. The van der Waals surface area contributed by atoms with Crippen LogP contribution < -0.4 is 4.90 Å². The fourth-order valence-corrected chi connectivity index (χ4v) is 3.92. The van der Waals surface area contributed by atoms with Gasteiger partial charge in [-0.3, -0.25) is 9.69 Å². The molecule has 6 heteroatoms. The highest BCUT2D eigenvalue weighted by atomic mass is 32.1. The molecule has 0 saturated carbocycles. The first-order valence-electron chi connectivity index (χ1n) is 8.74. The monoisotopic (exact) mass is 394 g/mol. The molecule has 4 aromatic rings. The third-order valence-corrected chi connectivity index (χ3v) is 5.39. The van der Waals surface area contributed by atoms with Gasteiger partial charge in [0.25, 0.3) is 0 Å². The highest BCUT2D eigenvalue weighted by molar-refractivity contribution is 7.22. The van der Waals surface area contributed by atoms with Gasteiger partial charge in [0.15, 0.2) is 5.13 Å². The van der Waals surface area contributed by atoms with Crippen LogP contribution in [0.3, 0.4) is 0 Å². The first kappa shape index (κ1) is 18.3. The summed E-state index contributed by atoms with van der Waals surface area (Å²) in [6.45, 7) is 0.322. The highest BCUT2D eigenvalue weighted by Gasteiger charge is 2.21. The quantitative estimate of drug-likeness (QED) is 0.457. The van der Waals surface area contributed by atoms with Crippen LogP contribution in [0.5, 0.6) is 0 Å². The smallest absolute Gasteiger partial charge is 0.233 e. The molecule has 140 valence electrons. The van der Waals surface area contributed by atoms with E-state index in [1.807, 2.05) is 30.3 Å². The van der Waals surface area contributed by atoms with E-state index in [0.717, 1.165) is 5.56 Å². The van der Waals surface area contributed by atoms with Crippen molar-refractivity contribution in [2.75, 3.05) is 4.90 Å². The lowest BCUT2D eigenvalue weighted by molar-refractivity contribution is -0.118. The lowest BCUT2D eigenvalue weighted by Gasteiger charge is -2.20. The van der Waals surface area contributed by atoms with Gasteiger partial charge in [-0.05, 0) is 35.4 Å². The molecule has 28 heavy (non-hydrogen) atoms. The van der Waals surface area contributed by atoms with Crippen molar-refractivity contribution in [3.05, 3.63) is 95.6 Å². The number of amides is 1. The van der Waals surface area contributed by atoms with Gasteiger partial charge < -0.3 is 0 Å². The molecule has 1 amide bonds. The topological polar surface area (TPSA) is 33.2 Å². The number of rotatable bonds is 5. The van der Waals surface area contributed by atoms with Crippen LogP contribution in [0.2, 0.25) is 0 Å². The van der Waals surface area contributed by atoms with E-state index in [9.17, 15) is 13.6 Å². The highest BCUT2D eigenvalue weighted by Crippen LogP contribution is 2.31. The first-order chi connectivity index (χ1) is 13.6. The van der Waals surface area contributed by atoms with E-state index >= 15 is 0 Å². The number of hydrogen-bond acceptors (Lipinski definition) is 3.